The second-order valence-electron chi connectivity index (χ2n) is 11.5. The summed E-state index contributed by atoms with van der Waals surface area (Å²) in [5.41, 5.74) is -0.264. The smallest absolute Gasteiger partial charge is 0.312 e. The van der Waals surface area contributed by atoms with Gasteiger partial charge >= 0.3 is 11.9 Å². The van der Waals surface area contributed by atoms with Crippen LogP contribution in [0.1, 0.15) is 45.4 Å². The number of carbonyl (C=O) groups is 2. The first-order valence-corrected chi connectivity index (χ1v) is 14.6. The van der Waals surface area contributed by atoms with Gasteiger partial charge in [0.1, 0.15) is 5.60 Å². The Kier molecular flexibility index (Phi) is 3.93. The summed E-state index contributed by atoms with van der Waals surface area (Å²) in [6, 6.07) is 0. The Bertz CT molecular complexity index is 802. The van der Waals surface area contributed by atoms with Crippen molar-refractivity contribution in [3.05, 3.63) is 12.2 Å². The van der Waals surface area contributed by atoms with Crippen molar-refractivity contribution in [1.82, 2.24) is 0 Å². The number of carbonyl (C=O) groups excluding carboxylic acids is 2. The Balaban J connectivity index is 1.73. The summed E-state index contributed by atoms with van der Waals surface area (Å²) < 4.78 is 18.6. The highest BCUT2D eigenvalue weighted by Crippen LogP contribution is 2.78. The Morgan fingerprint density at radius 2 is 1.97 bits per heavy atom. The lowest BCUT2D eigenvalue weighted by Gasteiger charge is -2.49. The molecule has 160 valence electrons. The van der Waals surface area contributed by atoms with Crippen LogP contribution in [0.5, 0.6) is 0 Å². The van der Waals surface area contributed by atoms with Crippen LogP contribution in [0, 0.1) is 34.5 Å². The number of ether oxygens (including phenoxy) is 2. The largest absolute Gasteiger partial charge is 0.469 e. The highest BCUT2D eigenvalue weighted by Gasteiger charge is 2.84. The zero-order valence-corrected chi connectivity index (χ0v) is 19.4. The van der Waals surface area contributed by atoms with Crippen molar-refractivity contribution in [3.63, 3.8) is 0 Å². The van der Waals surface area contributed by atoms with E-state index in [2.05, 4.69) is 26.2 Å². The summed E-state index contributed by atoms with van der Waals surface area (Å²) in [5.74, 6) is -0.161. The van der Waals surface area contributed by atoms with Crippen LogP contribution >= 0.6 is 0 Å². The second-order valence-corrected chi connectivity index (χ2v) is 16.0. The van der Waals surface area contributed by atoms with Gasteiger partial charge in [0, 0.05) is 11.8 Å². The Morgan fingerprint density at radius 1 is 1.24 bits per heavy atom. The minimum absolute atomic E-state index is 0.124. The quantitative estimate of drug-likeness (QED) is 0.393. The second kappa shape index (κ2) is 5.76. The number of hydrogen-bond acceptors (Lipinski definition) is 5. The summed E-state index contributed by atoms with van der Waals surface area (Å²) in [6.07, 6.45) is 5.29. The molecule has 5 rings (SSSR count). The predicted molar refractivity (Wildman–Crippen MR) is 110 cm³/mol. The van der Waals surface area contributed by atoms with E-state index in [1.54, 1.807) is 0 Å². The summed E-state index contributed by atoms with van der Waals surface area (Å²) in [6.45, 7) is 13.0. The standard InChI is InChI=1S/C23H34O5Si/c1-13-11-22-12-14(13)7-8-15(22)23-16(28-29(4,5)6)9-10-21(2,20(25)27-23)18(23)17(22)19(24)26-3/h14-18H,1,7-12H2,2-6H3/t14?,15-,16+,17-,18-,21?,22+,23+/m0/s1. The van der Waals surface area contributed by atoms with Gasteiger partial charge in [-0.3, -0.25) is 9.59 Å². The van der Waals surface area contributed by atoms with Crippen LogP contribution in [0.2, 0.25) is 19.6 Å². The van der Waals surface area contributed by atoms with Crippen LogP contribution in [0.4, 0.5) is 0 Å². The number of fused-ring (bicyclic) bond motifs is 1. The molecule has 6 heteroatoms. The lowest BCUT2D eigenvalue weighted by Crippen LogP contribution is -2.59. The molecule has 0 N–H and O–H groups in total. The van der Waals surface area contributed by atoms with Gasteiger partial charge in [0.05, 0.1) is 24.5 Å². The maximum Gasteiger partial charge on any atom is 0.312 e. The molecule has 2 unspecified atom stereocenters. The van der Waals surface area contributed by atoms with Gasteiger partial charge in [-0.05, 0) is 76.4 Å². The first kappa shape index (κ1) is 19.8. The number of esters is 2. The van der Waals surface area contributed by atoms with Crippen LogP contribution in [0.15, 0.2) is 12.2 Å². The average Bonchev–Trinajstić information content (AvgIpc) is 3.10. The fraction of sp³-hybridized carbons (Fsp3) is 0.826. The molecule has 1 saturated heterocycles. The van der Waals surface area contributed by atoms with E-state index in [0.717, 1.165) is 32.1 Å². The van der Waals surface area contributed by atoms with Crippen LogP contribution in [0.3, 0.4) is 0 Å². The highest BCUT2D eigenvalue weighted by atomic mass is 28.4. The summed E-state index contributed by atoms with van der Waals surface area (Å²) >= 11 is 0. The maximum absolute atomic E-state index is 13.3. The van der Waals surface area contributed by atoms with Gasteiger partial charge in [-0.1, -0.05) is 12.2 Å². The zero-order chi connectivity index (χ0) is 21.0. The van der Waals surface area contributed by atoms with Gasteiger partial charge in [-0.2, -0.15) is 0 Å². The molecule has 29 heavy (non-hydrogen) atoms. The molecule has 5 fully saturated rings. The monoisotopic (exact) mass is 418 g/mol. The Morgan fingerprint density at radius 3 is 2.62 bits per heavy atom. The lowest BCUT2D eigenvalue weighted by atomic mass is 9.59. The molecule has 8 atom stereocenters. The third-order valence-electron chi connectivity index (χ3n) is 9.04. The maximum atomic E-state index is 13.3. The Labute approximate surface area is 174 Å². The molecule has 0 amide bonds. The molecular formula is C23H34O5Si. The fourth-order valence-corrected chi connectivity index (χ4v) is 9.45. The third kappa shape index (κ3) is 2.25. The summed E-state index contributed by atoms with van der Waals surface area (Å²) in [7, 11) is -0.391. The molecule has 4 aliphatic carbocycles. The molecule has 0 aromatic carbocycles. The third-order valence-corrected chi connectivity index (χ3v) is 10.0. The predicted octanol–water partition coefficient (Wildman–Crippen LogP) is 4.08. The van der Waals surface area contributed by atoms with Crippen LogP contribution in [0.25, 0.3) is 0 Å². The molecule has 4 saturated carbocycles. The zero-order valence-electron chi connectivity index (χ0n) is 18.4. The first-order chi connectivity index (χ1) is 13.5. The molecule has 4 bridgehead atoms. The van der Waals surface area contributed by atoms with Crippen LogP contribution < -0.4 is 0 Å². The van der Waals surface area contributed by atoms with Crippen LogP contribution in [-0.2, 0) is 23.5 Å². The fourth-order valence-electron chi connectivity index (χ4n) is 8.29. The number of methoxy groups -OCH3 is 1. The number of hydrogen-bond donors (Lipinski definition) is 0. The van der Waals surface area contributed by atoms with Crippen LogP contribution in [-0.4, -0.2) is 39.1 Å². The molecule has 5 aliphatic rings. The minimum atomic E-state index is -1.87. The molecular weight excluding hydrogens is 384 g/mol. The molecule has 0 aromatic rings. The van der Waals surface area contributed by atoms with Gasteiger partial charge in [0.25, 0.3) is 0 Å². The van der Waals surface area contributed by atoms with Crippen molar-refractivity contribution in [3.8, 4) is 0 Å². The van der Waals surface area contributed by atoms with Crippen molar-refractivity contribution in [2.24, 2.45) is 34.5 Å². The first-order valence-electron chi connectivity index (χ1n) is 11.2. The minimum Gasteiger partial charge on any atom is -0.469 e. The van der Waals surface area contributed by atoms with E-state index in [0.29, 0.717) is 12.3 Å². The van der Waals surface area contributed by atoms with Gasteiger partial charge in [0.2, 0.25) is 0 Å². The van der Waals surface area contributed by atoms with Gasteiger partial charge in [0.15, 0.2) is 8.32 Å². The van der Waals surface area contributed by atoms with Gasteiger partial charge in [-0.25, -0.2) is 0 Å². The lowest BCUT2D eigenvalue weighted by molar-refractivity contribution is -0.172. The number of allylic oxidation sites excluding steroid dienone is 1. The summed E-state index contributed by atoms with van der Waals surface area (Å²) in [4.78, 5) is 26.6. The van der Waals surface area contributed by atoms with Crippen molar-refractivity contribution in [1.29, 1.82) is 0 Å². The van der Waals surface area contributed by atoms with E-state index in [1.807, 2.05) is 6.92 Å². The van der Waals surface area contributed by atoms with E-state index < -0.39 is 19.3 Å². The van der Waals surface area contributed by atoms with E-state index >= 15 is 0 Å². The average molecular weight is 419 g/mol. The van der Waals surface area contributed by atoms with Crippen molar-refractivity contribution >= 4 is 20.3 Å². The molecule has 0 radical (unpaired) electrons. The van der Waals surface area contributed by atoms with Gasteiger partial charge in [-0.15, -0.1) is 0 Å². The van der Waals surface area contributed by atoms with Crippen molar-refractivity contribution in [2.45, 2.75) is 76.8 Å². The molecule has 0 aromatic heterocycles. The Hall–Kier alpha value is -1.14. The SMILES string of the molecule is C=C1C[C@@]23CC1CC[C@@H]2[C@@]12OC(=O)C(C)(CC[C@H]1O[Si](C)(C)C)[C@@H]2[C@H]3C(=O)OC. The normalized spacial score (nSPS) is 50.2. The van der Waals surface area contributed by atoms with Crippen molar-refractivity contribution in [2.75, 3.05) is 7.11 Å². The van der Waals surface area contributed by atoms with Gasteiger partial charge < -0.3 is 13.9 Å². The van der Waals surface area contributed by atoms with E-state index in [1.165, 1.54) is 12.7 Å². The van der Waals surface area contributed by atoms with E-state index in [4.69, 9.17) is 13.9 Å². The van der Waals surface area contributed by atoms with E-state index in [-0.39, 0.29) is 41.2 Å². The number of rotatable bonds is 3. The summed E-state index contributed by atoms with van der Waals surface area (Å²) in [5, 5.41) is 0. The van der Waals surface area contributed by atoms with E-state index in [9.17, 15) is 9.59 Å². The molecule has 1 spiro atoms. The molecule has 1 heterocycles. The molecule has 5 nitrogen and oxygen atoms in total. The highest BCUT2D eigenvalue weighted by molar-refractivity contribution is 6.69. The molecule has 1 aliphatic heterocycles. The van der Waals surface area contributed by atoms with Crippen molar-refractivity contribution < 1.29 is 23.5 Å². The topological polar surface area (TPSA) is 61.8 Å².